The molecule has 3 nitrogen and oxygen atoms in total. The molecule has 0 atom stereocenters. The summed E-state index contributed by atoms with van der Waals surface area (Å²) < 4.78 is 1.93. The maximum atomic E-state index is 6.03. The summed E-state index contributed by atoms with van der Waals surface area (Å²) >= 11 is 6.03. The molecule has 1 saturated carbocycles. The first kappa shape index (κ1) is 13.6. The summed E-state index contributed by atoms with van der Waals surface area (Å²) in [5.41, 5.74) is 1.46. The predicted octanol–water partition coefficient (Wildman–Crippen LogP) is 3.26. The van der Waals surface area contributed by atoms with Gasteiger partial charge in [-0.15, -0.1) is 0 Å². The van der Waals surface area contributed by atoms with Crippen LogP contribution in [0.4, 0.5) is 0 Å². The number of rotatable bonds is 4. The van der Waals surface area contributed by atoms with E-state index in [4.69, 9.17) is 11.6 Å². The molecule has 0 unspecified atom stereocenters. The fraction of sp³-hybridized carbons (Fsp3) is 0.643. The molecule has 2 rings (SSSR count). The van der Waals surface area contributed by atoms with Gasteiger partial charge in [0, 0.05) is 13.6 Å². The van der Waals surface area contributed by atoms with Crippen molar-refractivity contribution in [2.24, 2.45) is 13.0 Å². The van der Waals surface area contributed by atoms with Crippen molar-refractivity contribution in [3.8, 4) is 0 Å². The van der Waals surface area contributed by atoms with Crippen molar-refractivity contribution < 1.29 is 0 Å². The predicted molar refractivity (Wildman–Crippen MR) is 76.7 cm³/mol. The van der Waals surface area contributed by atoms with Crippen LogP contribution in [-0.2, 0) is 7.05 Å². The molecule has 0 aromatic carbocycles. The number of halogens is 1. The van der Waals surface area contributed by atoms with E-state index in [2.05, 4.69) is 16.4 Å². The topological polar surface area (TPSA) is 29.9 Å². The van der Waals surface area contributed by atoms with E-state index in [1.807, 2.05) is 18.7 Å². The summed E-state index contributed by atoms with van der Waals surface area (Å²) in [7, 11) is 3.96. The number of aromatic nitrogens is 2. The lowest BCUT2D eigenvalue weighted by Crippen LogP contribution is -2.19. The maximum absolute atomic E-state index is 6.03. The van der Waals surface area contributed by atoms with E-state index < -0.39 is 0 Å². The Morgan fingerprint density at radius 3 is 2.78 bits per heavy atom. The van der Waals surface area contributed by atoms with Gasteiger partial charge < -0.3 is 9.88 Å². The minimum atomic E-state index is 0.689. The van der Waals surface area contributed by atoms with Crippen LogP contribution in [0.25, 0.3) is 6.08 Å². The van der Waals surface area contributed by atoms with Crippen LogP contribution in [0.15, 0.2) is 11.8 Å². The van der Waals surface area contributed by atoms with E-state index in [9.17, 15) is 0 Å². The molecule has 100 valence electrons. The van der Waals surface area contributed by atoms with Crippen LogP contribution >= 0.6 is 11.6 Å². The molecule has 0 spiro atoms. The summed E-state index contributed by atoms with van der Waals surface area (Å²) in [6.07, 6.45) is 10.6. The van der Waals surface area contributed by atoms with Crippen LogP contribution in [0.1, 0.15) is 37.9 Å². The van der Waals surface area contributed by atoms with Crippen molar-refractivity contribution in [3.63, 3.8) is 0 Å². The van der Waals surface area contributed by atoms with Crippen molar-refractivity contribution >= 4 is 17.7 Å². The van der Waals surface area contributed by atoms with Gasteiger partial charge in [0.05, 0.1) is 6.20 Å². The van der Waals surface area contributed by atoms with Crippen molar-refractivity contribution in [3.05, 3.63) is 22.7 Å². The number of imidazole rings is 1. The second-order valence-corrected chi connectivity index (χ2v) is 5.47. The molecule has 1 aromatic heterocycles. The van der Waals surface area contributed by atoms with Gasteiger partial charge in [0.2, 0.25) is 0 Å². The van der Waals surface area contributed by atoms with Gasteiger partial charge in [-0.3, -0.25) is 0 Å². The van der Waals surface area contributed by atoms with Crippen LogP contribution in [0.5, 0.6) is 0 Å². The summed E-state index contributed by atoms with van der Waals surface area (Å²) in [6.45, 7) is 0.940. The molecule has 0 saturated heterocycles. The van der Waals surface area contributed by atoms with Crippen LogP contribution in [0, 0.1) is 5.92 Å². The van der Waals surface area contributed by atoms with Crippen molar-refractivity contribution in [1.82, 2.24) is 14.9 Å². The quantitative estimate of drug-likeness (QED) is 0.908. The first-order valence-corrected chi connectivity index (χ1v) is 7.12. The lowest BCUT2D eigenvalue weighted by atomic mass is 9.83. The Labute approximate surface area is 114 Å². The molecule has 1 N–H and O–H groups in total. The second-order valence-electron chi connectivity index (χ2n) is 5.08. The number of nitrogens with zero attached hydrogens (tertiary/aromatic N) is 2. The zero-order chi connectivity index (χ0) is 13.0. The van der Waals surface area contributed by atoms with E-state index in [1.54, 1.807) is 6.20 Å². The minimum absolute atomic E-state index is 0.689. The molecule has 0 aliphatic heterocycles. The highest BCUT2D eigenvalue weighted by atomic mass is 35.5. The lowest BCUT2D eigenvalue weighted by molar-refractivity contribution is 0.398. The van der Waals surface area contributed by atoms with Crippen molar-refractivity contribution in [2.45, 2.75) is 32.1 Å². The van der Waals surface area contributed by atoms with E-state index in [0.29, 0.717) is 11.1 Å². The molecule has 4 heteroatoms. The molecule has 1 aliphatic carbocycles. The second kappa shape index (κ2) is 6.39. The van der Waals surface area contributed by atoms with Gasteiger partial charge in [0.15, 0.2) is 0 Å². The summed E-state index contributed by atoms with van der Waals surface area (Å²) in [4.78, 5) is 4.36. The van der Waals surface area contributed by atoms with E-state index in [-0.39, 0.29) is 0 Å². The Morgan fingerprint density at radius 2 is 2.22 bits per heavy atom. The van der Waals surface area contributed by atoms with Gasteiger partial charge in [-0.05, 0) is 37.5 Å². The fourth-order valence-corrected chi connectivity index (χ4v) is 2.83. The van der Waals surface area contributed by atoms with Crippen LogP contribution in [0.2, 0.25) is 5.15 Å². The smallest absolute Gasteiger partial charge is 0.133 e. The van der Waals surface area contributed by atoms with Crippen molar-refractivity contribution in [1.29, 1.82) is 0 Å². The molecule has 0 amide bonds. The average molecular weight is 268 g/mol. The Kier molecular flexibility index (Phi) is 4.84. The molecule has 0 radical (unpaired) electrons. The van der Waals surface area contributed by atoms with Gasteiger partial charge in [-0.25, -0.2) is 4.98 Å². The highest BCUT2D eigenvalue weighted by Crippen LogP contribution is 2.30. The first-order chi connectivity index (χ1) is 8.72. The van der Waals surface area contributed by atoms with Gasteiger partial charge in [0.25, 0.3) is 0 Å². The fourth-order valence-electron chi connectivity index (χ4n) is 2.69. The summed E-state index contributed by atoms with van der Waals surface area (Å²) in [5, 5.41) is 3.96. The lowest BCUT2D eigenvalue weighted by Gasteiger charge is -2.24. The molecule has 1 heterocycles. The third-order valence-corrected chi connectivity index (χ3v) is 4.14. The molecular formula is C14H22ClN3. The van der Waals surface area contributed by atoms with Gasteiger partial charge >= 0.3 is 0 Å². The maximum Gasteiger partial charge on any atom is 0.133 e. The van der Waals surface area contributed by atoms with E-state index in [1.165, 1.54) is 37.7 Å². The van der Waals surface area contributed by atoms with Gasteiger partial charge in [-0.1, -0.05) is 30.9 Å². The number of nitrogens with one attached hydrogen (secondary N) is 1. The largest absolute Gasteiger partial charge is 0.319 e. The standard InChI is InChI=1S/C14H22ClN3/c1-16-9-12(11-6-4-3-5-7-11)8-14-17-10-13(15)18(14)2/h8,10-11,16H,3-7,9H2,1-2H3/b12-8-. The van der Waals surface area contributed by atoms with E-state index >= 15 is 0 Å². The molecule has 18 heavy (non-hydrogen) atoms. The summed E-state index contributed by atoms with van der Waals surface area (Å²) in [6, 6.07) is 0. The molecular weight excluding hydrogens is 246 g/mol. The summed E-state index contributed by atoms with van der Waals surface area (Å²) in [5.74, 6) is 1.66. The van der Waals surface area contributed by atoms with Crippen LogP contribution in [0.3, 0.4) is 0 Å². The molecule has 1 aromatic rings. The zero-order valence-electron chi connectivity index (χ0n) is 11.2. The SMILES string of the molecule is CNC/C(=C/c1ncc(Cl)n1C)C1CCCCC1. The van der Waals surface area contributed by atoms with Gasteiger partial charge in [0.1, 0.15) is 11.0 Å². The number of hydrogen-bond acceptors (Lipinski definition) is 2. The Morgan fingerprint density at radius 1 is 1.50 bits per heavy atom. The Hall–Kier alpha value is -0.800. The number of hydrogen-bond donors (Lipinski definition) is 1. The minimum Gasteiger partial charge on any atom is -0.319 e. The molecule has 0 bridgehead atoms. The zero-order valence-corrected chi connectivity index (χ0v) is 12.0. The highest BCUT2D eigenvalue weighted by molar-refractivity contribution is 6.29. The Balaban J connectivity index is 2.20. The normalized spacial score (nSPS) is 18.3. The van der Waals surface area contributed by atoms with Gasteiger partial charge in [-0.2, -0.15) is 0 Å². The average Bonchev–Trinajstić information content (AvgIpc) is 2.71. The van der Waals surface area contributed by atoms with Crippen molar-refractivity contribution in [2.75, 3.05) is 13.6 Å². The number of likely N-dealkylation sites (N-methyl/N-ethyl adjacent to an activating group) is 1. The molecule has 1 aliphatic rings. The van der Waals surface area contributed by atoms with E-state index in [0.717, 1.165) is 12.4 Å². The Bertz CT molecular complexity index is 417. The van der Waals surface area contributed by atoms with Crippen LogP contribution < -0.4 is 5.32 Å². The third kappa shape index (κ3) is 3.15. The monoisotopic (exact) mass is 267 g/mol. The first-order valence-electron chi connectivity index (χ1n) is 6.74. The highest BCUT2D eigenvalue weighted by Gasteiger charge is 2.18. The molecule has 1 fully saturated rings. The third-order valence-electron chi connectivity index (χ3n) is 3.79. The van der Waals surface area contributed by atoms with Crippen LogP contribution in [-0.4, -0.2) is 23.1 Å².